The summed E-state index contributed by atoms with van der Waals surface area (Å²) in [4.78, 5) is 0. The van der Waals surface area contributed by atoms with Crippen molar-refractivity contribution in [1.29, 1.82) is 0 Å². The number of hydrogen-bond donors (Lipinski definition) is 0. The van der Waals surface area contributed by atoms with E-state index in [-0.39, 0.29) is 11.7 Å². The Labute approximate surface area is 232 Å². The first kappa shape index (κ1) is 28.4. The number of rotatable bonds is 8. The van der Waals surface area contributed by atoms with E-state index >= 15 is 4.39 Å². The Morgan fingerprint density at radius 2 is 1.31 bits per heavy atom. The van der Waals surface area contributed by atoms with Crippen LogP contribution in [0.4, 0.5) is 17.6 Å². The average Bonchev–Trinajstić information content (AvgIpc) is 2.96. The lowest BCUT2D eigenvalue weighted by Gasteiger charge is -2.36. The summed E-state index contributed by atoms with van der Waals surface area (Å²) in [7, 11) is 0. The number of allylic oxidation sites excluding steroid dienone is 2. The zero-order chi connectivity index (χ0) is 27.4. The summed E-state index contributed by atoms with van der Waals surface area (Å²) in [5.74, 6) is -1.04. The van der Waals surface area contributed by atoms with Crippen molar-refractivity contribution >= 4 is 5.57 Å². The first-order chi connectivity index (χ1) is 18.9. The molecule has 3 aliphatic rings. The van der Waals surface area contributed by atoms with E-state index in [4.69, 9.17) is 0 Å². The molecule has 4 heteroatoms. The van der Waals surface area contributed by atoms with E-state index in [9.17, 15) is 13.2 Å². The Bertz CT molecular complexity index is 1110. The van der Waals surface area contributed by atoms with E-state index in [1.54, 1.807) is 0 Å². The van der Waals surface area contributed by atoms with Crippen molar-refractivity contribution in [3.8, 4) is 0 Å². The zero-order valence-corrected chi connectivity index (χ0v) is 23.5. The maximum Gasteiger partial charge on any atom is 0.194 e. The van der Waals surface area contributed by atoms with Crippen LogP contribution in [-0.2, 0) is 0 Å². The summed E-state index contributed by atoms with van der Waals surface area (Å²) in [6, 6.07) is 8.34. The molecule has 2 fully saturated rings. The van der Waals surface area contributed by atoms with Crippen molar-refractivity contribution in [3.63, 3.8) is 0 Å². The Morgan fingerprint density at radius 3 is 1.92 bits per heavy atom. The third kappa shape index (κ3) is 6.80. The molecule has 1 atom stereocenters. The van der Waals surface area contributed by atoms with Crippen LogP contribution < -0.4 is 0 Å². The van der Waals surface area contributed by atoms with E-state index in [2.05, 4.69) is 19.1 Å². The molecule has 0 amide bonds. The quantitative estimate of drug-likeness (QED) is 0.177. The molecular formula is C35H44F4. The third-order valence-corrected chi connectivity index (χ3v) is 10.2. The van der Waals surface area contributed by atoms with Gasteiger partial charge >= 0.3 is 0 Å². The topological polar surface area (TPSA) is 0 Å². The minimum Gasteiger partial charge on any atom is -0.206 e. The zero-order valence-electron chi connectivity index (χ0n) is 23.5. The molecule has 0 saturated heterocycles. The summed E-state index contributed by atoms with van der Waals surface area (Å²) < 4.78 is 56.0. The molecule has 212 valence electrons. The number of benzene rings is 2. The van der Waals surface area contributed by atoms with Crippen molar-refractivity contribution < 1.29 is 17.6 Å². The second-order valence-electron chi connectivity index (χ2n) is 12.6. The number of halogens is 4. The van der Waals surface area contributed by atoms with Crippen LogP contribution in [0.15, 0.2) is 36.4 Å². The van der Waals surface area contributed by atoms with Gasteiger partial charge in [-0.2, -0.15) is 0 Å². The van der Waals surface area contributed by atoms with E-state index in [1.165, 1.54) is 69.1 Å². The van der Waals surface area contributed by atoms with E-state index in [0.717, 1.165) is 62.0 Å². The molecule has 1 unspecified atom stereocenters. The van der Waals surface area contributed by atoms with Crippen LogP contribution >= 0.6 is 0 Å². The van der Waals surface area contributed by atoms with Gasteiger partial charge in [0.25, 0.3) is 0 Å². The Balaban J connectivity index is 1.12. The summed E-state index contributed by atoms with van der Waals surface area (Å²) in [6.07, 6.45) is 19.2. The second-order valence-corrected chi connectivity index (χ2v) is 12.6. The van der Waals surface area contributed by atoms with Crippen LogP contribution in [0.2, 0.25) is 0 Å². The van der Waals surface area contributed by atoms with Gasteiger partial charge in [-0.15, -0.1) is 0 Å². The van der Waals surface area contributed by atoms with Gasteiger partial charge in [-0.05, 0) is 135 Å². The molecule has 0 radical (unpaired) electrons. The van der Waals surface area contributed by atoms with E-state index < -0.39 is 17.5 Å². The van der Waals surface area contributed by atoms with Crippen LogP contribution in [0.1, 0.15) is 132 Å². The van der Waals surface area contributed by atoms with Gasteiger partial charge in [-0.3, -0.25) is 0 Å². The summed E-state index contributed by atoms with van der Waals surface area (Å²) >= 11 is 0. The molecule has 0 spiro atoms. The molecule has 2 aromatic rings. The normalized spacial score (nSPS) is 27.8. The predicted molar refractivity (Wildman–Crippen MR) is 152 cm³/mol. The van der Waals surface area contributed by atoms with Crippen molar-refractivity contribution in [2.45, 2.75) is 115 Å². The van der Waals surface area contributed by atoms with E-state index in [0.29, 0.717) is 23.3 Å². The van der Waals surface area contributed by atoms with Crippen molar-refractivity contribution in [1.82, 2.24) is 0 Å². The molecule has 0 aliphatic heterocycles. The molecule has 0 bridgehead atoms. The van der Waals surface area contributed by atoms with Crippen molar-refractivity contribution in [2.75, 3.05) is 0 Å². The first-order valence-corrected chi connectivity index (χ1v) is 15.6. The van der Waals surface area contributed by atoms with Crippen molar-refractivity contribution in [2.24, 2.45) is 17.8 Å². The molecule has 0 N–H and O–H groups in total. The number of hydrogen-bond acceptors (Lipinski definition) is 0. The first-order valence-electron chi connectivity index (χ1n) is 15.6. The lowest BCUT2D eigenvalue weighted by molar-refractivity contribution is 0.220. The minimum absolute atomic E-state index is 0.0680. The highest BCUT2D eigenvalue weighted by Crippen LogP contribution is 2.45. The fraction of sp³-hybridized carbons (Fsp3) is 0.600. The van der Waals surface area contributed by atoms with Crippen molar-refractivity contribution in [3.05, 3.63) is 76.4 Å². The van der Waals surface area contributed by atoms with Crippen LogP contribution in [0.25, 0.3) is 5.57 Å². The third-order valence-electron chi connectivity index (χ3n) is 10.2. The Kier molecular flexibility index (Phi) is 9.51. The fourth-order valence-corrected chi connectivity index (χ4v) is 7.78. The van der Waals surface area contributed by atoms with Gasteiger partial charge in [0.2, 0.25) is 0 Å². The fourth-order valence-electron chi connectivity index (χ4n) is 7.78. The maximum absolute atomic E-state index is 15.3. The Hall–Kier alpha value is -2.10. The predicted octanol–water partition coefficient (Wildman–Crippen LogP) is 11.3. The highest BCUT2D eigenvalue weighted by molar-refractivity contribution is 5.67. The summed E-state index contributed by atoms with van der Waals surface area (Å²) in [5, 5.41) is 0. The summed E-state index contributed by atoms with van der Waals surface area (Å²) in [5.41, 5.74) is 3.67. The van der Waals surface area contributed by atoms with Gasteiger partial charge in [0, 0.05) is 5.56 Å². The summed E-state index contributed by atoms with van der Waals surface area (Å²) in [6.45, 7) is 2.26. The smallest absolute Gasteiger partial charge is 0.194 e. The maximum atomic E-state index is 15.3. The lowest BCUT2D eigenvalue weighted by Crippen LogP contribution is -2.22. The Morgan fingerprint density at radius 1 is 0.667 bits per heavy atom. The molecule has 2 aromatic carbocycles. The molecule has 2 saturated carbocycles. The number of unbranched alkanes of at least 4 members (excludes halogenated alkanes) is 2. The molecule has 3 aliphatic carbocycles. The van der Waals surface area contributed by atoms with Crippen LogP contribution in [0, 0.1) is 41.0 Å². The highest BCUT2D eigenvalue weighted by atomic mass is 19.2. The lowest BCUT2D eigenvalue weighted by atomic mass is 9.70. The van der Waals surface area contributed by atoms with Crippen LogP contribution in [0.5, 0.6) is 0 Å². The van der Waals surface area contributed by atoms with Gasteiger partial charge < -0.3 is 0 Å². The molecule has 0 heterocycles. The van der Waals surface area contributed by atoms with Gasteiger partial charge in [-0.1, -0.05) is 50.8 Å². The van der Waals surface area contributed by atoms with Crippen LogP contribution in [0.3, 0.4) is 0 Å². The minimum atomic E-state index is -1.39. The average molecular weight is 541 g/mol. The molecule has 5 rings (SSSR count). The SMILES string of the molecule is CCCCC[C@H]1CC[C@H](c2ccc(C3=CCC([C@H]4CC[C@H](c5cc(F)c(F)c(F)c5)CC4)CC3)c(F)c2)CC1. The van der Waals surface area contributed by atoms with Gasteiger partial charge in [0.05, 0.1) is 0 Å². The van der Waals surface area contributed by atoms with Gasteiger partial charge in [-0.25, -0.2) is 17.6 Å². The second kappa shape index (κ2) is 13.0. The molecule has 39 heavy (non-hydrogen) atoms. The monoisotopic (exact) mass is 540 g/mol. The van der Waals surface area contributed by atoms with Gasteiger partial charge in [0.15, 0.2) is 17.5 Å². The molecule has 0 nitrogen and oxygen atoms in total. The van der Waals surface area contributed by atoms with Crippen LogP contribution in [-0.4, -0.2) is 0 Å². The van der Waals surface area contributed by atoms with Gasteiger partial charge in [0.1, 0.15) is 5.82 Å². The highest BCUT2D eigenvalue weighted by Gasteiger charge is 2.31. The molecular weight excluding hydrogens is 496 g/mol. The largest absolute Gasteiger partial charge is 0.206 e. The van der Waals surface area contributed by atoms with E-state index in [1.807, 2.05) is 12.1 Å². The molecule has 0 aromatic heterocycles. The standard InChI is InChI=1S/C35H44F4/c1-2-3-4-5-23-6-8-26(9-7-23)29-18-19-31(32(36)20-29)28-16-14-25(15-17-28)24-10-12-27(13-11-24)30-21-33(37)35(39)34(38)22-30/h16,18-27H,2-15,17H2,1H3/t23-,24-,25?,26-,27-.